The minimum Gasteiger partial charge on any atom is -0.450 e. The Labute approximate surface area is 325 Å². The third-order valence-electron chi connectivity index (χ3n) is 10.8. The van der Waals surface area contributed by atoms with Gasteiger partial charge in [-0.2, -0.15) is 0 Å². The van der Waals surface area contributed by atoms with Gasteiger partial charge in [-0.15, -0.1) is 0 Å². The molecule has 12 heteroatoms. The van der Waals surface area contributed by atoms with E-state index in [1.807, 2.05) is 68.1 Å². The Morgan fingerprint density at radius 2 is 1.65 bits per heavy atom. The lowest BCUT2D eigenvalue weighted by Crippen LogP contribution is -2.53. The van der Waals surface area contributed by atoms with Gasteiger partial charge in [-0.05, 0) is 70.0 Å². The van der Waals surface area contributed by atoms with Crippen molar-refractivity contribution in [2.75, 3.05) is 54.2 Å². The molecule has 1 heterocycles. The van der Waals surface area contributed by atoms with Gasteiger partial charge in [-0.1, -0.05) is 96.0 Å². The van der Waals surface area contributed by atoms with Gasteiger partial charge in [0.1, 0.15) is 19.0 Å². The molecule has 1 aromatic carbocycles. The van der Waals surface area contributed by atoms with Crippen molar-refractivity contribution in [2.24, 2.45) is 11.8 Å². The molecule has 3 rings (SSSR count). The third kappa shape index (κ3) is 16.9. The summed E-state index contributed by atoms with van der Waals surface area (Å²) in [5, 5.41) is 18.0. The van der Waals surface area contributed by atoms with Crippen LogP contribution < -0.4 is 10.6 Å². The number of amides is 3. The smallest absolute Gasteiger partial charge is 0.407 e. The summed E-state index contributed by atoms with van der Waals surface area (Å²) < 4.78 is 22.9. The fourth-order valence-corrected chi connectivity index (χ4v) is 7.51. The van der Waals surface area contributed by atoms with Gasteiger partial charge < -0.3 is 44.5 Å². The van der Waals surface area contributed by atoms with Crippen molar-refractivity contribution in [3.8, 4) is 0 Å². The number of ether oxygens (including phenoxy) is 4. The first-order valence-electron chi connectivity index (χ1n) is 20.7. The minimum atomic E-state index is -0.910. The molecule has 308 valence electrons. The fraction of sp³-hybridized carbons (Fsp3) is 0.786. The van der Waals surface area contributed by atoms with E-state index in [0.29, 0.717) is 57.7 Å². The Morgan fingerprint density at radius 1 is 0.944 bits per heavy atom. The molecule has 3 N–H and O–H groups in total. The maximum atomic E-state index is 14.3. The van der Waals surface area contributed by atoms with Gasteiger partial charge in [-0.25, -0.2) is 4.79 Å². The molecule has 5 atom stereocenters. The van der Waals surface area contributed by atoms with E-state index in [-0.39, 0.29) is 43.1 Å². The van der Waals surface area contributed by atoms with E-state index in [1.165, 1.54) is 6.42 Å². The molecule has 0 spiro atoms. The molecule has 1 saturated carbocycles. The zero-order valence-corrected chi connectivity index (χ0v) is 34.1. The maximum absolute atomic E-state index is 14.3. The first-order chi connectivity index (χ1) is 26.0. The number of hydrogen-bond donors (Lipinski definition) is 3. The number of carbonyl (C=O) groups is 3. The van der Waals surface area contributed by atoms with E-state index in [0.717, 1.165) is 57.1 Å². The lowest BCUT2D eigenvalue weighted by molar-refractivity contribution is -0.157. The first-order valence-corrected chi connectivity index (χ1v) is 20.7. The van der Waals surface area contributed by atoms with Gasteiger partial charge in [-0.3, -0.25) is 9.59 Å². The molecule has 1 aliphatic carbocycles. The molecule has 0 radical (unpaired) electrons. The summed E-state index contributed by atoms with van der Waals surface area (Å²) >= 11 is 0. The summed E-state index contributed by atoms with van der Waals surface area (Å²) in [6, 6.07) is 8.89. The number of aliphatic hydroxyl groups excluding tert-OH is 1. The molecule has 0 aromatic heterocycles. The molecular weight excluding hydrogens is 688 g/mol. The van der Waals surface area contributed by atoms with Crippen molar-refractivity contribution in [1.29, 1.82) is 0 Å². The molecule has 1 saturated heterocycles. The molecule has 0 unspecified atom stereocenters. The summed E-state index contributed by atoms with van der Waals surface area (Å²) in [5.74, 6) is -0.0298. The molecule has 1 aliphatic heterocycles. The standard InChI is InChI=1S/C42H72N4O8/c1-7-8-20-38(54-39(28-33-18-13-10-14-19-33)41(49)46-24-21-34(22-25-46)53-30-51-6)40(48)43-36(27-32-16-11-9-12-17-32)37(47)29-35(31(2)3)44-42(50)52-26-15-23-45(4)5/h10,13-14,18-19,31-32,34-39,47H,7-9,11-12,15-17,20-30H2,1-6H3,(H,43,48)(H,44,50)/t35-,36-,37-,38-,39-/m0/s1. The van der Waals surface area contributed by atoms with Crippen LogP contribution in [0.5, 0.6) is 0 Å². The van der Waals surface area contributed by atoms with Crippen LogP contribution in [0.4, 0.5) is 4.79 Å². The van der Waals surface area contributed by atoms with Crippen molar-refractivity contribution >= 4 is 17.9 Å². The van der Waals surface area contributed by atoms with E-state index in [9.17, 15) is 19.5 Å². The van der Waals surface area contributed by atoms with Crippen LogP contribution in [0, 0.1) is 11.8 Å². The fourth-order valence-electron chi connectivity index (χ4n) is 7.51. The van der Waals surface area contributed by atoms with E-state index in [4.69, 9.17) is 18.9 Å². The number of nitrogens with one attached hydrogen (secondary N) is 2. The molecule has 1 aromatic rings. The highest BCUT2D eigenvalue weighted by Crippen LogP contribution is 2.29. The Kier molecular flexibility index (Phi) is 21.5. The highest BCUT2D eigenvalue weighted by molar-refractivity contribution is 5.84. The third-order valence-corrected chi connectivity index (χ3v) is 10.8. The molecule has 2 aliphatic rings. The van der Waals surface area contributed by atoms with Gasteiger partial charge in [0, 0.05) is 39.2 Å². The minimum absolute atomic E-state index is 0.0296. The molecular formula is C42H72N4O8. The van der Waals surface area contributed by atoms with Crippen molar-refractivity contribution in [2.45, 2.75) is 147 Å². The Hall–Kier alpha value is -2.77. The number of hydrogen-bond acceptors (Lipinski definition) is 9. The lowest BCUT2D eigenvalue weighted by atomic mass is 9.82. The summed E-state index contributed by atoms with van der Waals surface area (Å²) in [7, 11) is 5.55. The zero-order valence-electron chi connectivity index (χ0n) is 34.1. The summed E-state index contributed by atoms with van der Waals surface area (Å²) in [6.45, 7) is 8.51. The molecule has 2 fully saturated rings. The number of alkyl carbamates (subject to hydrolysis) is 1. The van der Waals surface area contributed by atoms with Crippen LogP contribution in [0.1, 0.15) is 110 Å². The van der Waals surface area contributed by atoms with Gasteiger partial charge in [0.25, 0.3) is 5.91 Å². The highest BCUT2D eigenvalue weighted by atomic mass is 16.7. The van der Waals surface area contributed by atoms with Crippen molar-refractivity contribution < 1.29 is 38.4 Å². The quantitative estimate of drug-likeness (QED) is 0.0896. The summed E-state index contributed by atoms with van der Waals surface area (Å²) in [4.78, 5) is 45.1. The Balaban J connectivity index is 1.77. The second-order valence-electron chi connectivity index (χ2n) is 16.0. The number of unbranched alkanes of at least 4 members (excludes halogenated alkanes) is 1. The van der Waals surface area contributed by atoms with E-state index in [1.54, 1.807) is 7.11 Å². The molecule has 3 amide bonds. The number of carbonyl (C=O) groups excluding carboxylic acids is 3. The first kappa shape index (κ1) is 45.6. The van der Waals surface area contributed by atoms with Crippen LogP contribution in [0.2, 0.25) is 0 Å². The average Bonchev–Trinajstić information content (AvgIpc) is 3.16. The van der Waals surface area contributed by atoms with Gasteiger partial charge in [0.05, 0.1) is 24.9 Å². The van der Waals surface area contributed by atoms with Crippen LogP contribution in [-0.4, -0.2) is 124 Å². The second-order valence-corrected chi connectivity index (χ2v) is 16.0. The summed E-state index contributed by atoms with van der Waals surface area (Å²) in [5.41, 5.74) is 0.956. The Morgan fingerprint density at radius 3 is 2.28 bits per heavy atom. The van der Waals surface area contributed by atoms with Crippen molar-refractivity contribution in [3.63, 3.8) is 0 Å². The van der Waals surface area contributed by atoms with Crippen molar-refractivity contribution in [3.05, 3.63) is 35.9 Å². The summed E-state index contributed by atoms with van der Waals surface area (Å²) in [6.07, 6.45) is 7.93. The van der Waals surface area contributed by atoms with Gasteiger partial charge in [0.2, 0.25) is 5.91 Å². The number of aliphatic hydroxyl groups is 1. The average molecular weight is 761 g/mol. The van der Waals surface area contributed by atoms with E-state index in [2.05, 4.69) is 17.6 Å². The monoisotopic (exact) mass is 761 g/mol. The van der Waals surface area contributed by atoms with E-state index >= 15 is 0 Å². The molecule has 0 bridgehead atoms. The van der Waals surface area contributed by atoms with Gasteiger partial charge in [0.15, 0.2) is 0 Å². The van der Waals surface area contributed by atoms with Crippen molar-refractivity contribution in [1.82, 2.24) is 20.4 Å². The number of piperidine rings is 1. The maximum Gasteiger partial charge on any atom is 0.407 e. The topological polar surface area (TPSA) is 139 Å². The SMILES string of the molecule is CCCC[C@H](O[C@@H](Cc1ccccc1)C(=O)N1CCC(OCOC)CC1)C(=O)N[C@@H](CC1CCCCC1)[C@@H](O)C[C@H](NC(=O)OCCCN(C)C)C(C)C. The second kappa shape index (κ2) is 25.4. The largest absolute Gasteiger partial charge is 0.450 e. The predicted molar refractivity (Wildman–Crippen MR) is 211 cm³/mol. The van der Waals surface area contributed by atoms with E-state index < -0.39 is 30.4 Å². The number of likely N-dealkylation sites (tertiary alicyclic amines) is 1. The normalized spacial score (nSPS) is 18.6. The number of rotatable bonds is 24. The predicted octanol–water partition coefficient (Wildman–Crippen LogP) is 5.69. The van der Waals surface area contributed by atoms with Crippen LogP contribution in [0.3, 0.4) is 0 Å². The number of methoxy groups -OCH3 is 1. The number of nitrogens with zero attached hydrogens (tertiary/aromatic N) is 2. The van der Waals surface area contributed by atoms with Crippen LogP contribution in [0.15, 0.2) is 30.3 Å². The lowest BCUT2D eigenvalue weighted by Gasteiger charge is -2.36. The Bertz CT molecular complexity index is 1190. The van der Waals surface area contributed by atoms with Crippen LogP contribution in [-0.2, 0) is 35.0 Å². The zero-order chi connectivity index (χ0) is 39.3. The van der Waals surface area contributed by atoms with Crippen LogP contribution >= 0.6 is 0 Å². The molecule has 54 heavy (non-hydrogen) atoms. The van der Waals surface area contributed by atoms with Crippen LogP contribution in [0.25, 0.3) is 0 Å². The highest BCUT2D eigenvalue weighted by Gasteiger charge is 2.36. The molecule has 12 nitrogen and oxygen atoms in total. The van der Waals surface area contributed by atoms with Gasteiger partial charge >= 0.3 is 6.09 Å². The number of benzene rings is 1.